The monoisotopic (exact) mass is 496 g/mol. The molecule has 0 saturated heterocycles. The SMILES string of the molecule is SCCSc1ccccc1SCCS.SCSc1ccc(SCS)cc1. The maximum Gasteiger partial charge on any atom is 0.0409 e. The third-order valence-electron chi connectivity index (χ3n) is 2.83. The Bertz CT molecular complexity index is 536. The van der Waals surface area contributed by atoms with Crippen molar-refractivity contribution in [2.45, 2.75) is 19.6 Å². The highest BCUT2D eigenvalue weighted by atomic mass is 32.2. The molecule has 0 fully saturated rings. The van der Waals surface area contributed by atoms with Crippen LogP contribution in [-0.4, -0.2) is 33.2 Å². The van der Waals surface area contributed by atoms with Gasteiger partial charge in [-0.05, 0) is 47.9 Å². The van der Waals surface area contributed by atoms with Crippen LogP contribution >= 0.6 is 97.6 Å². The van der Waals surface area contributed by atoms with E-state index in [2.05, 4.69) is 99.0 Å². The van der Waals surface area contributed by atoms with Crippen molar-refractivity contribution in [2.24, 2.45) is 0 Å². The highest BCUT2D eigenvalue weighted by molar-refractivity contribution is 8.09. The lowest BCUT2D eigenvalue weighted by molar-refractivity contribution is 1.24. The standard InChI is InChI=1S/C10H14S4.C8H10S4/c11-5-7-13-9-3-1-2-4-10(9)14-8-6-12;9-5-11-7-1-2-8(4-3-7)12-6-10/h1-4,11-12H,5-8H2;1-4,9-10H,5-6H2. The van der Waals surface area contributed by atoms with Gasteiger partial charge in [0.15, 0.2) is 0 Å². The van der Waals surface area contributed by atoms with Crippen LogP contribution in [0.2, 0.25) is 0 Å². The highest BCUT2D eigenvalue weighted by Gasteiger charge is 2.01. The van der Waals surface area contributed by atoms with E-state index in [-0.39, 0.29) is 0 Å². The molecule has 0 saturated carbocycles. The molecule has 0 unspecified atom stereocenters. The van der Waals surface area contributed by atoms with Crippen LogP contribution < -0.4 is 0 Å². The van der Waals surface area contributed by atoms with Crippen LogP contribution in [0.1, 0.15) is 0 Å². The second-order valence-electron chi connectivity index (χ2n) is 4.61. The van der Waals surface area contributed by atoms with Gasteiger partial charge >= 0.3 is 0 Å². The largest absolute Gasteiger partial charge is 0.178 e. The predicted molar refractivity (Wildman–Crippen MR) is 141 cm³/mol. The number of hydrogen-bond acceptors (Lipinski definition) is 8. The van der Waals surface area contributed by atoms with E-state index in [9.17, 15) is 0 Å². The number of hydrogen-bond donors (Lipinski definition) is 4. The van der Waals surface area contributed by atoms with E-state index in [1.54, 1.807) is 23.5 Å². The molecule has 0 aliphatic carbocycles. The maximum atomic E-state index is 4.22. The van der Waals surface area contributed by atoms with Crippen LogP contribution in [0.25, 0.3) is 0 Å². The van der Waals surface area contributed by atoms with Crippen LogP contribution in [0.15, 0.2) is 68.1 Å². The summed E-state index contributed by atoms with van der Waals surface area (Å²) >= 11 is 23.9. The summed E-state index contributed by atoms with van der Waals surface area (Å²) in [5.74, 6) is 4.00. The van der Waals surface area contributed by atoms with Gasteiger partial charge in [-0.2, -0.15) is 50.5 Å². The lowest BCUT2D eigenvalue weighted by atomic mass is 10.4. The normalized spacial score (nSPS) is 10.3. The Morgan fingerprint density at radius 1 is 0.538 bits per heavy atom. The third kappa shape index (κ3) is 11.3. The Balaban J connectivity index is 0.000000263. The molecule has 2 aromatic carbocycles. The lowest BCUT2D eigenvalue weighted by Crippen LogP contribution is -1.85. The molecule has 0 aliphatic heterocycles. The minimum Gasteiger partial charge on any atom is -0.178 e. The molecule has 0 radical (unpaired) electrons. The molecule has 0 nitrogen and oxygen atoms in total. The molecule has 0 N–H and O–H groups in total. The molecule has 0 aromatic heterocycles. The second-order valence-corrected chi connectivity index (χ2v) is 11.4. The van der Waals surface area contributed by atoms with E-state index >= 15 is 0 Å². The summed E-state index contributed by atoms with van der Waals surface area (Å²) in [5.41, 5.74) is 0. The topological polar surface area (TPSA) is 0 Å². The molecule has 0 aliphatic rings. The summed E-state index contributed by atoms with van der Waals surface area (Å²) in [7, 11) is 0. The number of thioether (sulfide) groups is 4. The van der Waals surface area contributed by atoms with E-state index < -0.39 is 0 Å². The van der Waals surface area contributed by atoms with Crippen LogP contribution in [0.5, 0.6) is 0 Å². The molecule has 26 heavy (non-hydrogen) atoms. The fourth-order valence-corrected chi connectivity index (χ4v) is 5.92. The molecule has 0 heterocycles. The Kier molecular flexibility index (Phi) is 16.7. The van der Waals surface area contributed by atoms with Crippen LogP contribution in [-0.2, 0) is 0 Å². The first-order chi connectivity index (χ1) is 12.7. The van der Waals surface area contributed by atoms with Crippen molar-refractivity contribution >= 4 is 97.6 Å². The first-order valence-electron chi connectivity index (χ1n) is 7.88. The van der Waals surface area contributed by atoms with Gasteiger partial charge in [0.05, 0.1) is 0 Å². The molecule has 2 aromatic rings. The van der Waals surface area contributed by atoms with Crippen molar-refractivity contribution in [2.75, 3.05) is 33.2 Å². The lowest BCUT2D eigenvalue weighted by Gasteiger charge is -2.06. The quantitative estimate of drug-likeness (QED) is 0.154. The van der Waals surface area contributed by atoms with Gasteiger partial charge in [0, 0.05) is 41.3 Å². The van der Waals surface area contributed by atoms with Crippen LogP contribution in [0.4, 0.5) is 0 Å². The van der Waals surface area contributed by atoms with Crippen LogP contribution in [0, 0.1) is 0 Å². The molecule has 144 valence electrons. The molecule has 8 heteroatoms. The number of benzene rings is 2. The summed E-state index contributed by atoms with van der Waals surface area (Å²) in [5, 5.41) is 1.66. The van der Waals surface area contributed by atoms with Crippen molar-refractivity contribution in [3.05, 3.63) is 48.5 Å². The first-order valence-corrected chi connectivity index (χ1v) is 14.4. The zero-order chi connectivity index (χ0) is 19.0. The van der Waals surface area contributed by atoms with E-state index in [0.717, 1.165) is 33.2 Å². The van der Waals surface area contributed by atoms with Crippen molar-refractivity contribution in [1.29, 1.82) is 0 Å². The molecular formula is C18H24S8. The Labute approximate surface area is 197 Å². The summed E-state index contributed by atoms with van der Waals surface area (Å²) < 4.78 is 0. The summed E-state index contributed by atoms with van der Waals surface area (Å²) in [4.78, 5) is 5.28. The highest BCUT2D eigenvalue weighted by Crippen LogP contribution is 2.30. The van der Waals surface area contributed by atoms with Gasteiger partial charge in [-0.1, -0.05) is 12.1 Å². The second kappa shape index (κ2) is 17.1. The van der Waals surface area contributed by atoms with Gasteiger partial charge in [0.2, 0.25) is 0 Å². The minimum absolute atomic E-state index is 0.832. The Morgan fingerprint density at radius 2 is 0.923 bits per heavy atom. The number of rotatable bonds is 10. The van der Waals surface area contributed by atoms with Gasteiger partial charge < -0.3 is 0 Å². The molecule has 0 atom stereocenters. The maximum absolute atomic E-state index is 4.22. The van der Waals surface area contributed by atoms with Crippen molar-refractivity contribution in [3.63, 3.8) is 0 Å². The van der Waals surface area contributed by atoms with Crippen molar-refractivity contribution in [1.82, 2.24) is 0 Å². The van der Waals surface area contributed by atoms with Gasteiger partial charge in [-0.3, -0.25) is 0 Å². The van der Waals surface area contributed by atoms with Crippen LogP contribution in [0.3, 0.4) is 0 Å². The Hall–Kier alpha value is 1.24. The van der Waals surface area contributed by atoms with Gasteiger partial charge in [0.1, 0.15) is 0 Å². The summed E-state index contributed by atoms with van der Waals surface area (Å²) in [6.07, 6.45) is 0. The Morgan fingerprint density at radius 3 is 1.23 bits per heavy atom. The fraction of sp³-hybridized carbons (Fsp3) is 0.333. The zero-order valence-corrected chi connectivity index (χ0v) is 21.1. The van der Waals surface area contributed by atoms with E-state index in [1.807, 2.05) is 23.5 Å². The van der Waals surface area contributed by atoms with Crippen molar-refractivity contribution in [3.8, 4) is 0 Å². The average Bonchev–Trinajstić information content (AvgIpc) is 2.68. The molecule has 2 rings (SSSR count). The van der Waals surface area contributed by atoms with Gasteiger partial charge in [-0.25, -0.2) is 0 Å². The fourth-order valence-electron chi connectivity index (χ4n) is 1.78. The smallest absolute Gasteiger partial charge is 0.0409 e. The van der Waals surface area contributed by atoms with Crippen molar-refractivity contribution < 1.29 is 0 Å². The molecule has 0 spiro atoms. The molecular weight excluding hydrogens is 473 g/mol. The minimum atomic E-state index is 0.832. The zero-order valence-electron chi connectivity index (χ0n) is 14.3. The molecule has 0 amide bonds. The van der Waals surface area contributed by atoms with E-state index in [4.69, 9.17) is 0 Å². The third-order valence-corrected chi connectivity index (χ3v) is 8.41. The average molecular weight is 497 g/mol. The van der Waals surface area contributed by atoms with E-state index in [0.29, 0.717) is 0 Å². The number of thiol groups is 4. The van der Waals surface area contributed by atoms with Gasteiger partial charge in [0.25, 0.3) is 0 Å². The first kappa shape index (κ1) is 25.3. The predicted octanol–water partition coefficient (Wildman–Crippen LogP) is 7.38. The summed E-state index contributed by atoms with van der Waals surface area (Å²) in [6.45, 7) is 0. The summed E-state index contributed by atoms with van der Waals surface area (Å²) in [6, 6.07) is 17.0. The van der Waals surface area contributed by atoms with E-state index in [1.165, 1.54) is 19.6 Å². The van der Waals surface area contributed by atoms with Gasteiger partial charge in [-0.15, -0.1) is 47.0 Å². The molecule has 0 bridgehead atoms.